The minimum atomic E-state index is -0.410. The minimum Gasteiger partial charge on any atom is -0.397 e. The molecule has 5 nitrogen and oxygen atoms in total. The third-order valence-corrected chi connectivity index (χ3v) is 4.52. The molecule has 1 aliphatic rings. The van der Waals surface area contributed by atoms with Crippen molar-refractivity contribution in [2.24, 2.45) is 5.92 Å². The van der Waals surface area contributed by atoms with Crippen molar-refractivity contribution >= 4 is 17.3 Å². The van der Waals surface area contributed by atoms with Crippen LogP contribution in [0.5, 0.6) is 0 Å². The van der Waals surface area contributed by atoms with E-state index < -0.39 is 6.04 Å². The SMILES string of the molecule is Cc1ccc(C[C@H](Nc2ccccc2N)C(=O)N2CC(C#N)C2)cc1. The smallest absolute Gasteiger partial charge is 0.245 e. The number of nitrogens with zero attached hydrogens (tertiary/aromatic N) is 2. The number of anilines is 2. The molecule has 0 bridgehead atoms. The summed E-state index contributed by atoms with van der Waals surface area (Å²) in [5, 5.41) is 12.2. The molecule has 1 heterocycles. The molecular weight excluding hydrogens is 312 g/mol. The standard InChI is InChI=1S/C20H22N4O/c1-14-6-8-15(9-7-14)10-19(20(25)24-12-16(11-21)13-24)23-18-5-3-2-4-17(18)22/h2-9,16,19,23H,10,12-13,22H2,1H3/t19-/m0/s1. The summed E-state index contributed by atoms with van der Waals surface area (Å²) in [6, 6.07) is 17.4. The summed E-state index contributed by atoms with van der Waals surface area (Å²) in [5.41, 5.74) is 9.66. The number of benzene rings is 2. The van der Waals surface area contributed by atoms with E-state index in [1.54, 1.807) is 4.90 Å². The molecular formula is C20H22N4O. The zero-order valence-corrected chi connectivity index (χ0v) is 14.3. The number of hydrogen-bond donors (Lipinski definition) is 2. The molecule has 0 saturated carbocycles. The van der Waals surface area contributed by atoms with Gasteiger partial charge in [-0.05, 0) is 24.6 Å². The van der Waals surface area contributed by atoms with Gasteiger partial charge in [0, 0.05) is 19.5 Å². The number of carbonyl (C=O) groups is 1. The van der Waals surface area contributed by atoms with Crippen LogP contribution in [0.25, 0.3) is 0 Å². The molecule has 0 unspecified atom stereocenters. The van der Waals surface area contributed by atoms with Gasteiger partial charge in [0.25, 0.3) is 0 Å². The normalized spacial score (nSPS) is 15.1. The first-order valence-corrected chi connectivity index (χ1v) is 8.42. The Morgan fingerprint density at radius 1 is 1.28 bits per heavy atom. The molecule has 1 fully saturated rings. The van der Waals surface area contributed by atoms with Crippen LogP contribution in [0.4, 0.5) is 11.4 Å². The molecule has 25 heavy (non-hydrogen) atoms. The minimum absolute atomic E-state index is 0.00956. The molecule has 1 atom stereocenters. The Kier molecular flexibility index (Phi) is 4.90. The van der Waals surface area contributed by atoms with Crippen molar-refractivity contribution in [1.29, 1.82) is 5.26 Å². The molecule has 3 rings (SSSR count). The Hall–Kier alpha value is -3.00. The van der Waals surface area contributed by atoms with Gasteiger partial charge in [-0.2, -0.15) is 5.26 Å². The molecule has 2 aromatic carbocycles. The number of para-hydroxylation sites is 2. The van der Waals surface area contributed by atoms with Crippen molar-refractivity contribution in [3.05, 3.63) is 59.7 Å². The quantitative estimate of drug-likeness (QED) is 0.824. The second-order valence-electron chi connectivity index (χ2n) is 6.54. The summed E-state index contributed by atoms with van der Waals surface area (Å²) in [5.74, 6) is -0.0407. The number of nitrogens with two attached hydrogens (primary N) is 1. The van der Waals surface area contributed by atoms with Gasteiger partial charge in [-0.3, -0.25) is 4.79 Å². The number of amides is 1. The lowest BCUT2D eigenvalue weighted by Gasteiger charge is -2.38. The fraction of sp³-hybridized carbons (Fsp3) is 0.300. The number of nitrogen functional groups attached to an aromatic ring is 1. The van der Waals surface area contributed by atoms with Crippen molar-refractivity contribution < 1.29 is 4.79 Å². The van der Waals surface area contributed by atoms with Crippen LogP contribution < -0.4 is 11.1 Å². The topological polar surface area (TPSA) is 82.2 Å². The summed E-state index contributed by atoms with van der Waals surface area (Å²) in [7, 11) is 0. The third-order valence-electron chi connectivity index (χ3n) is 4.52. The summed E-state index contributed by atoms with van der Waals surface area (Å²) in [4.78, 5) is 14.6. The molecule has 1 saturated heterocycles. The molecule has 0 radical (unpaired) electrons. The van der Waals surface area contributed by atoms with Crippen LogP contribution >= 0.6 is 0 Å². The highest BCUT2D eigenvalue weighted by atomic mass is 16.2. The van der Waals surface area contributed by atoms with Crippen LogP contribution in [0, 0.1) is 24.2 Å². The van der Waals surface area contributed by atoms with Crippen LogP contribution in [0.1, 0.15) is 11.1 Å². The van der Waals surface area contributed by atoms with Crippen LogP contribution in [0.15, 0.2) is 48.5 Å². The van der Waals surface area contributed by atoms with Gasteiger partial charge in [0.2, 0.25) is 5.91 Å². The number of likely N-dealkylation sites (tertiary alicyclic amines) is 1. The fourth-order valence-corrected chi connectivity index (χ4v) is 2.94. The van der Waals surface area contributed by atoms with E-state index >= 15 is 0 Å². The summed E-state index contributed by atoms with van der Waals surface area (Å²) in [6.45, 7) is 3.05. The predicted molar refractivity (Wildman–Crippen MR) is 98.8 cm³/mol. The Bertz CT molecular complexity index is 788. The van der Waals surface area contributed by atoms with E-state index in [-0.39, 0.29) is 11.8 Å². The Morgan fingerprint density at radius 3 is 2.60 bits per heavy atom. The first-order chi connectivity index (χ1) is 12.1. The lowest BCUT2D eigenvalue weighted by Crippen LogP contribution is -2.54. The van der Waals surface area contributed by atoms with Gasteiger partial charge in [0.15, 0.2) is 0 Å². The summed E-state index contributed by atoms with van der Waals surface area (Å²) >= 11 is 0. The van der Waals surface area contributed by atoms with Crippen LogP contribution in [0.3, 0.4) is 0 Å². The Labute approximate surface area is 148 Å². The largest absolute Gasteiger partial charge is 0.397 e. The summed E-state index contributed by atoms with van der Waals surface area (Å²) < 4.78 is 0. The van der Waals surface area contributed by atoms with E-state index in [2.05, 4.69) is 11.4 Å². The molecule has 1 amide bonds. The highest BCUT2D eigenvalue weighted by Crippen LogP contribution is 2.22. The van der Waals surface area contributed by atoms with Crippen molar-refractivity contribution in [3.63, 3.8) is 0 Å². The number of nitriles is 1. The Balaban J connectivity index is 1.78. The van der Waals surface area contributed by atoms with Crippen molar-refractivity contribution in [2.45, 2.75) is 19.4 Å². The molecule has 1 aliphatic heterocycles. The monoisotopic (exact) mass is 334 g/mol. The molecule has 0 aromatic heterocycles. The van der Waals surface area contributed by atoms with Crippen LogP contribution in [0.2, 0.25) is 0 Å². The highest BCUT2D eigenvalue weighted by Gasteiger charge is 2.34. The van der Waals surface area contributed by atoms with Gasteiger partial charge in [-0.1, -0.05) is 42.0 Å². The number of hydrogen-bond acceptors (Lipinski definition) is 4. The van der Waals surface area contributed by atoms with E-state index in [0.29, 0.717) is 25.2 Å². The average molecular weight is 334 g/mol. The first-order valence-electron chi connectivity index (χ1n) is 8.42. The molecule has 0 aliphatic carbocycles. The Morgan fingerprint density at radius 2 is 1.96 bits per heavy atom. The van der Waals surface area contributed by atoms with E-state index in [0.717, 1.165) is 11.3 Å². The second kappa shape index (κ2) is 7.27. The number of rotatable bonds is 5. The maximum atomic E-state index is 12.9. The molecule has 128 valence electrons. The first kappa shape index (κ1) is 16.8. The average Bonchev–Trinajstić information content (AvgIpc) is 2.57. The van der Waals surface area contributed by atoms with Gasteiger partial charge < -0.3 is 16.0 Å². The zero-order chi connectivity index (χ0) is 17.8. The lowest BCUT2D eigenvalue weighted by molar-refractivity contribution is -0.137. The number of aryl methyl sites for hydroxylation is 1. The van der Waals surface area contributed by atoms with Gasteiger partial charge in [-0.15, -0.1) is 0 Å². The maximum Gasteiger partial charge on any atom is 0.245 e. The zero-order valence-electron chi connectivity index (χ0n) is 14.3. The number of carbonyl (C=O) groups excluding carboxylic acids is 1. The van der Waals surface area contributed by atoms with Crippen LogP contribution in [-0.2, 0) is 11.2 Å². The lowest BCUT2D eigenvalue weighted by atomic mass is 9.97. The number of nitrogens with one attached hydrogen (secondary N) is 1. The summed E-state index contributed by atoms with van der Waals surface area (Å²) in [6.07, 6.45) is 0.571. The fourth-order valence-electron chi connectivity index (χ4n) is 2.94. The van der Waals surface area contributed by atoms with Crippen molar-refractivity contribution in [3.8, 4) is 6.07 Å². The third kappa shape index (κ3) is 3.92. The molecule has 3 N–H and O–H groups in total. The van der Waals surface area contributed by atoms with E-state index in [4.69, 9.17) is 11.0 Å². The molecule has 2 aromatic rings. The van der Waals surface area contributed by atoms with Crippen molar-refractivity contribution in [2.75, 3.05) is 24.1 Å². The van der Waals surface area contributed by atoms with Crippen molar-refractivity contribution in [1.82, 2.24) is 4.90 Å². The van der Waals surface area contributed by atoms with Gasteiger partial charge in [0.1, 0.15) is 6.04 Å². The predicted octanol–water partition coefficient (Wildman–Crippen LogP) is 2.58. The molecule has 5 heteroatoms. The second-order valence-corrected chi connectivity index (χ2v) is 6.54. The van der Waals surface area contributed by atoms with Gasteiger partial charge in [-0.25, -0.2) is 0 Å². The van der Waals surface area contributed by atoms with Gasteiger partial charge in [0.05, 0.1) is 23.4 Å². The van der Waals surface area contributed by atoms with E-state index in [9.17, 15) is 4.79 Å². The van der Waals surface area contributed by atoms with Gasteiger partial charge >= 0.3 is 0 Å². The highest BCUT2D eigenvalue weighted by molar-refractivity contribution is 5.87. The molecule has 0 spiro atoms. The van der Waals surface area contributed by atoms with E-state index in [1.165, 1.54) is 5.56 Å². The van der Waals surface area contributed by atoms with E-state index in [1.807, 2.05) is 55.5 Å². The maximum absolute atomic E-state index is 12.9. The van der Waals surface area contributed by atoms with Crippen LogP contribution in [-0.4, -0.2) is 29.9 Å².